The number of hydrogen-bond donors (Lipinski definition) is 0. The maximum Gasteiger partial charge on any atom is 0.164 e. The van der Waals surface area contributed by atoms with Crippen LogP contribution in [0.5, 0.6) is 0 Å². The summed E-state index contributed by atoms with van der Waals surface area (Å²) >= 11 is 1.83. The van der Waals surface area contributed by atoms with E-state index in [0.717, 1.165) is 27.8 Å². The Bertz CT molecular complexity index is 2740. The van der Waals surface area contributed by atoms with Crippen molar-refractivity contribution in [2.45, 2.75) is 19.3 Å². The van der Waals surface area contributed by atoms with Gasteiger partial charge in [-0.2, -0.15) is 0 Å². The molecular weight excluding hydrogens is 651 g/mol. The van der Waals surface area contributed by atoms with Crippen LogP contribution >= 0.6 is 11.3 Å². The minimum absolute atomic E-state index is 0.0474. The van der Waals surface area contributed by atoms with Crippen molar-refractivity contribution in [2.75, 3.05) is 0 Å². The summed E-state index contributed by atoms with van der Waals surface area (Å²) in [6.45, 7) is 4.68. The zero-order valence-electron chi connectivity index (χ0n) is 28.8. The first kappa shape index (κ1) is 30.6. The van der Waals surface area contributed by atoms with E-state index < -0.39 is 0 Å². The van der Waals surface area contributed by atoms with Gasteiger partial charge >= 0.3 is 0 Å². The molecule has 4 heteroatoms. The number of fused-ring (bicyclic) bond motifs is 6. The number of nitrogens with zero attached hydrogens (tertiary/aromatic N) is 3. The molecule has 0 saturated heterocycles. The SMILES string of the molecule is CC1(C)c2ccccc2-c2ccc(-c3ccc(-c4c(-c5nc(-c6ccccc6)nc(-c6ccccc6)n5)ccc5sc6ccccc6c45)cc3)cc21. The normalized spacial score (nSPS) is 13.0. The summed E-state index contributed by atoms with van der Waals surface area (Å²) in [4.78, 5) is 15.3. The number of aromatic nitrogens is 3. The summed E-state index contributed by atoms with van der Waals surface area (Å²) in [6, 6.07) is 58.3. The summed E-state index contributed by atoms with van der Waals surface area (Å²) in [7, 11) is 0. The first-order valence-corrected chi connectivity index (χ1v) is 18.5. The van der Waals surface area contributed by atoms with Crippen LogP contribution in [0.1, 0.15) is 25.0 Å². The van der Waals surface area contributed by atoms with Gasteiger partial charge in [-0.15, -0.1) is 11.3 Å². The number of thiophene rings is 1. The van der Waals surface area contributed by atoms with Gasteiger partial charge in [0.25, 0.3) is 0 Å². The van der Waals surface area contributed by atoms with Crippen molar-refractivity contribution in [2.24, 2.45) is 0 Å². The van der Waals surface area contributed by atoms with Crippen molar-refractivity contribution >= 4 is 31.5 Å². The first-order chi connectivity index (χ1) is 25.5. The number of hydrogen-bond acceptors (Lipinski definition) is 4. The average Bonchev–Trinajstić information content (AvgIpc) is 3.70. The Morgan fingerprint density at radius 1 is 0.404 bits per heavy atom. The summed E-state index contributed by atoms with van der Waals surface area (Å²) in [5.41, 5.74) is 13.0. The van der Waals surface area contributed by atoms with Gasteiger partial charge in [0.1, 0.15) is 0 Å². The summed E-state index contributed by atoms with van der Waals surface area (Å²) < 4.78 is 2.50. The average molecular weight is 684 g/mol. The standard InChI is InChI=1S/C48H33N3S/c1-48(2)39-19-11-9-17-35(39)36-26-25-34(29-40(36)48)30-21-23-31(24-22-30)43-38(27-28-42-44(43)37-18-10-12-20-41(37)52-42)47-50-45(32-13-5-3-6-14-32)49-46(51-47)33-15-7-4-8-16-33/h3-29H,1-2H3. The van der Waals surface area contributed by atoms with E-state index in [2.05, 4.69) is 141 Å². The van der Waals surface area contributed by atoms with Crippen LogP contribution in [0.4, 0.5) is 0 Å². The molecule has 0 N–H and O–H groups in total. The zero-order valence-corrected chi connectivity index (χ0v) is 29.7. The van der Waals surface area contributed by atoms with Gasteiger partial charge in [-0.3, -0.25) is 0 Å². The molecule has 2 aromatic heterocycles. The van der Waals surface area contributed by atoms with Gasteiger partial charge < -0.3 is 0 Å². The molecule has 7 aromatic carbocycles. The quantitative estimate of drug-likeness (QED) is 0.181. The fraction of sp³-hybridized carbons (Fsp3) is 0.0625. The molecular formula is C48H33N3S. The second-order valence-corrected chi connectivity index (χ2v) is 15.1. The molecule has 0 fully saturated rings. The fourth-order valence-electron chi connectivity index (χ4n) is 7.95. The lowest BCUT2D eigenvalue weighted by atomic mass is 9.81. The van der Waals surface area contributed by atoms with Gasteiger partial charge in [-0.25, -0.2) is 15.0 Å². The molecule has 0 spiro atoms. The second-order valence-electron chi connectivity index (χ2n) is 14.0. The predicted octanol–water partition coefficient (Wildman–Crippen LogP) is 12.9. The highest BCUT2D eigenvalue weighted by molar-refractivity contribution is 7.26. The molecule has 0 atom stereocenters. The molecule has 0 saturated carbocycles. The molecule has 3 nitrogen and oxygen atoms in total. The Labute approximate surface area is 307 Å². The maximum atomic E-state index is 5.17. The van der Waals surface area contributed by atoms with Gasteiger partial charge in [-0.05, 0) is 63.2 Å². The molecule has 246 valence electrons. The van der Waals surface area contributed by atoms with E-state index in [-0.39, 0.29) is 5.41 Å². The monoisotopic (exact) mass is 683 g/mol. The third kappa shape index (κ3) is 4.90. The highest BCUT2D eigenvalue weighted by atomic mass is 32.1. The van der Waals surface area contributed by atoms with Crippen molar-refractivity contribution < 1.29 is 0 Å². The lowest BCUT2D eigenvalue weighted by molar-refractivity contribution is 0.660. The highest BCUT2D eigenvalue weighted by Gasteiger charge is 2.35. The van der Waals surface area contributed by atoms with Crippen LogP contribution in [0, 0.1) is 0 Å². The van der Waals surface area contributed by atoms with Gasteiger partial charge in [-0.1, -0.05) is 153 Å². The van der Waals surface area contributed by atoms with Crippen LogP contribution in [-0.4, -0.2) is 15.0 Å². The van der Waals surface area contributed by atoms with Crippen molar-refractivity contribution in [3.8, 4) is 67.5 Å². The molecule has 10 rings (SSSR count). The smallest absolute Gasteiger partial charge is 0.164 e. The molecule has 9 aromatic rings. The third-order valence-electron chi connectivity index (χ3n) is 10.6. The molecule has 0 bridgehead atoms. The van der Waals surface area contributed by atoms with Gasteiger partial charge in [0.2, 0.25) is 0 Å². The van der Waals surface area contributed by atoms with Gasteiger partial charge in [0, 0.05) is 47.8 Å². The van der Waals surface area contributed by atoms with Crippen molar-refractivity contribution in [1.29, 1.82) is 0 Å². The predicted molar refractivity (Wildman–Crippen MR) is 217 cm³/mol. The Morgan fingerprint density at radius 3 is 1.69 bits per heavy atom. The Morgan fingerprint density at radius 2 is 0.962 bits per heavy atom. The maximum absolute atomic E-state index is 5.17. The second kappa shape index (κ2) is 11.9. The van der Waals surface area contributed by atoms with E-state index >= 15 is 0 Å². The van der Waals surface area contributed by atoms with E-state index in [0.29, 0.717) is 17.5 Å². The first-order valence-electron chi connectivity index (χ1n) is 17.7. The minimum atomic E-state index is -0.0474. The molecule has 52 heavy (non-hydrogen) atoms. The highest BCUT2D eigenvalue weighted by Crippen LogP contribution is 2.50. The number of benzene rings is 7. The van der Waals surface area contributed by atoms with E-state index in [1.807, 2.05) is 47.7 Å². The Balaban J connectivity index is 1.16. The lowest BCUT2D eigenvalue weighted by Gasteiger charge is -2.22. The Kier molecular flexibility index (Phi) is 7.02. The largest absolute Gasteiger partial charge is 0.208 e. The molecule has 1 aliphatic carbocycles. The Hall–Kier alpha value is -6.23. The summed E-state index contributed by atoms with van der Waals surface area (Å²) in [5, 5.41) is 2.47. The van der Waals surface area contributed by atoms with Crippen molar-refractivity contribution in [3.05, 3.63) is 175 Å². The molecule has 0 aliphatic heterocycles. The van der Waals surface area contributed by atoms with E-state index in [1.165, 1.54) is 53.6 Å². The van der Waals surface area contributed by atoms with Crippen LogP contribution in [0.2, 0.25) is 0 Å². The van der Waals surface area contributed by atoms with E-state index in [1.54, 1.807) is 0 Å². The van der Waals surface area contributed by atoms with Crippen molar-refractivity contribution in [1.82, 2.24) is 15.0 Å². The molecule has 2 heterocycles. The van der Waals surface area contributed by atoms with Crippen molar-refractivity contribution in [3.63, 3.8) is 0 Å². The van der Waals surface area contributed by atoms with Gasteiger partial charge in [0.05, 0.1) is 0 Å². The summed E-state index contributed by atoms with van der Waals surface area (Å²) in [5.74, 6) is 1.97. The topological polar surface area (TPSA) is 38.7 Å². The van der Waals surface area contributed by atoms with E-state index in [9.17, 15) is 0 Å². The zero-order chi connectivity index (χ0) is 34.8. The summed E-state index contributed by atoms with van der Waals surface area (Å²) in [6.07, 6.45) is 0. The van der Waals surface area contributed by atoms with Crippen LogP contribution in [-0.2, 0) is 5.41 Å². The van der Waals surface area contributed by atoms with Crippen LogP contribution in [0.3, 0.4) is 0 Å². The number of rotatable bonds is 5. The van der Waals surface area contributed by atoms with Gasteiger partial charge in [0.15, 0.2) is 17.5 Å². The third-order valence-corrected chi connectivity index (χ3v) is 11.7. The van der Waals surface area contributed by atoms with Crippen LogP contribution in [0.15, 0.2) is 164 Å². The molecule has 0 amide bonds. The fourth-order valence-corrected chi connectivity index (χ4v) is 9.06. The molecule has 0 unspecified atom stereocenters. The molecule has 1 aliphatic rings. The van der Waals surface area contributed by atoms with Crippen LogP contribution in [0.25, 0.3) is 87.7 Å². The van der Waals surface area contributed by atoms with Crippen LogP contribution < -0.4 is 0 Å². The molecule has 0 radical (unpaired) electrons. The lowest BCUT2D eigenvalue weighted by Crippen LogP contribution is -2.14. The minimum Gasteiger partial charge on any atom is -0.208 e. The van der Waals surface area contributed by atoms with E-state index in [4.69, 9.17) is 15.0 Å².